The van der Waals surface area contributed by atoms with Crippen LogP contribution in [0.25, 0.3) is 0 Å². The Morgan fingerprint density at radius 2 is 1.60 bits per heavy atom. The first-order chi connectivity index (χ1) is 9.50. The molecule has 1 saturated carbocycles. The third kappa shape index (κ3) is 3.32. The molecule has 2 rings (SSSR count). The molecule has 0 aromatic carbocycles. The van der Waals surface area contributed by atoms with Gasteiger partial charge in [0.05, 0.1) is 11.8 Å². The fourth-order valence-corrected chi connectivity index (χ4v) is 3.55. The third-order valence-corrected chi connectivity index (χ3v) is 4.98. The van der Waals surface area contributed by atoms with Gasteiger partial charge in [-0.25, -0.2) is 0 Å². The SMILES string of the molecule is CN1CCC(N(C)C(=O)C2CCCCC2C(=O)O)CC1. The molecule has 0 bridgehead atoms. The molecular weight excluding hydrogens is 256 g/mol. The molecule has 0 spiro atoms. The number of carbonyl (C=O) groups is 2. The van der Waals surface area contributed by atoms with E-state index in [-0.39, 0.29) is 17.9 Å². The summed E-state index contributed by atoms with van der Waals surface area (Å²) in [5, 5.41) is 9.31. The summed E-state index contributed by atoms with van der Waals surface area (Å²) >= 11 is 0. The maximum absolute atomic E-state index is 12.6. The second-order valence-corrected chi connectivity index (χ2v) is 6.32. The number of carbonyl (C=O) groups excluding carboxylic acids is 1. The van der Waals surface area contributed by atoms with Gasteiger partial charge in [0.1, 0.15) is 0 Å². The molecule has 2 fully saturated rings. The number of amides is 1. The van der Waals surface area contributed by atoms with Crippen molar-refractivity contribution in [2.45, 2.75) is 44.6 Å². The molecule has 2 atom stereocenters. The van der Waals surface area contributed by atoms with Gasteiger partial charge in [0.2, 0.25) is 5.91 Å². The topological polar surface area (TPSA) is 60.9 Å². The summed E-state index contributed by atoms with van der Waals surface area (Å²) in [6.07, 6.45) is 5.26. The number of hydrogen-bond acceptors (Lipinski definition) is 3. The van der Waals surface area contributed by atoms with Crippen LogP contribution in [0.15, 0.2) is 0 Å². The van der Waals surface area contributed by atoms with Crippen LogP contribution in [0.1, 0.15) is 38.5 Å². The number of carboxylic acids is 1. The highest BCUT2D eigenvalue weighted by Crippen LogP contribution is 2.32. The van der Waals surface area contributed by atoms with Crippen LogP contribution in [0.2, 0.25) is 0 Å². The van der Waals surface area contributed by atoms with Crippen LogP contribution in [0.4, 0.5) is 0 Å². The first kappa shape index (κ1) is 15.3. The quantitative estimate of drug-likeness (QED) is 0.850. The Hall–Kier alpha value is -1.10. The van der Waals surface area contributed by atoms with Gasteiger partial charge in [0.15, 0.2) is 0 Å². The fourth-order valence-electron chi connectivity index (χ4n) is 3.55. The zero-order chi connectivity index (χ0) is 14.7. The number of aliphatic carboxylic acids is 1. The van der Waals surface area contributed by atoms with Crippen LogP contribution in [0, 0.1) is 11.8 Å². The van der Waals surface area contributed by atoms with Gasteiger partial charge in [-0.1, -0.05) is 12.8 Å². The minimum Gasteiger partial charge on any atom is -0.481 e. The zero-order valence-electron chi connectivity index (χ0n) is 12.5. The van der Waals surface area contributed by atoms with Crippen molar-refractivity contribution in [2.24, 2.45) is 11.8 Å². The summed E-state index contributed by atoms with van der Waals surface area (Å²) in [5.74, 6) is -1.55. The third-order valence-electron chi connectivity index (χ3n) is 4.98. The van der Waals surface area contributed by atoms with E-state index in [0.717, 1.165) is 45.2 Å². The normalized spacial score (nSPS) is 29.1. The van der Waals surface area contributed by atoms with Crippen molar-refractivity contribution in [1.82, 2.24) is 9.80 Å². The molecular formula is C15H26N2O3. The Balaban J connectivity index is 1.99. The second kappa shape index (κ2) is 6.57. The maximum Gasteiger partial charge on any atom is 0.307 e. The average molecular weight is 282 g/mol. The Bertz CT molecular complexity index is 364. The number of rotatable bonds is 3. The van der Waals surface area contributed by atoms with Crippen LogP contribution in [0.3, 0.4) is 0 Å². The number of piperidine rings is 1. The molecule has 5 nitrogen and oxygen atoms in total. The van der Waals surface area contributed by atoms with Gasteiger partial charge in [0, 0.05) is 13.1 Å². The molecule has 1 N–H and O–H groups in total. The predicted octanol–water partition coefficient (Wildman–Crippen LogP) is 1.43. The Morgan fingerprint density at radius 3 is 2.15 bits per heavy atom. The minimum atomic E-state index is -0.806. The van der Waals surface area contributed by atoms with Crippen LogP contribution >= 0.6 is 0 Å². The number of hydrogen-bond donors (Lipinski definition) is 1. The van der Waals surface area contributed by atoms with E-state index >= 15 is 0 Å². The smallest absolute Gasteiger partial charge is 0.307 e. The predicted molar refractivity (Wildman–Crippen MR) is 76.4 cm³/mol. The lowest BCUT2D eigenvalue weighted by Gasteiger charge is -2.38. The van der Waals surface area contributed by atoms with Crippen molar-refractivity contribution >= 4 is 11.9 Å². The van der Waals surface area contributed by atoms with Crippen LogP contribution in [-0.4, -0.2) is 60.0 Å². The van der Waals surface area contributed by atoms with Crippen molar-refractivity contribution in [3.05, 3.63) is 0 Å². The zero-order valence-corrected chi connectivity index (χ0v) is 12.5. The summed E-state index contributed by atoms with van der Waals surface area (Å²) < 4.78 is 0. The lowest BCUT2D eigenvalue weighted by Crippen LogP contribution is -2.48. The summed E-state index contributed by atoms with van der Waals surface area (Å²) in [6, 6.07) is 0.273. The lowest BCUT2D eigenvalue weighted by molar-refractivity contribution is -0.153. The van der Waals surface area contributed by atoms with E-state index in [1.165, 1.54) is 0 Å². The Morgan fingerprint density at radius 1 is 1.05 bits per heavy atom. The number of likely N-dealkylation sites (tertiary alicyclic amines) is 1. The number of nitrogens with zero attached hydrogens (tertiary/aromatic N) is 2. The molecule has 20 heavy (non-hydrogen) atoms. The van der Waals surface area contributed by atoms with E-state index in [1.54, 1.807) is 0 Å². The summed E-state index contributed by atoms with van der Waals surface area (Å²) in [7, 11) is 3.95. The molecule has 1 heterocycles. The molecule has 1 aliphatic carbocycles. The first-order valence-electron chi connectivity index (χ1n) is 7.68. The molecule has 0 aromatic rings. The molecule has 114 valence electrons. The van der Waals surface area contributed by atoms with E-state index in [2.05, 4.69) is 11.9 Å². The molecule has 2 aliphatic rings. The van der Waals surface area contributed by atoms with Gasteiger partial charge in [-0.05, 0) is 45.8 Å². The molecule has 0 aromatic heterocycles. The standard InChI is InChI=1S/C15H26N2O3/c1-16-9-7-11(8-10-16)17(2)14(18)12-5-3-4-6-13(12)15(19)20/h11-13H,3-10H2,1-2H3,(H,19,20). The summed E-state index contributed by atoms with van der Waals surface area (Å²) in [5.41, 5.74) is 0. The molecule has 1 saturated heterocycles. The van der Waals surface area contributed by atoms with E-state index < -0.39 is 11.9 Å². The van der Waals surface area contributed by atoms with Crippen molar-refractivity contribution in [3.63, 3.8) is 0 Å². The molecule has 1 amide bonds. The van der Waals surface area contributed by atoms with Gasteiger partial charge in [-0.15, -0.1) is 0 Å². The molecule has 5 heteroatoms. The van der Waals surface area contributed by atoms with Gasteiger partial charge in [-0.2, -0.15) is 0 Å². The van der Waals surface area contributed by atoms with Gasteiger partial charge in [0.25, 0.3) is 0 Å². The monoisotopic (exact) mass is 282 g/mol. The summed E-state index contributed by atoms with van der Waals surface area (Å²) in [6.45, 7) is 2.02. The highest BCUT2D eigenvalue weighted by molar-refractivity contribution is 5.85. The lowest BCUT2D eigenvalue weighted by atomic mass is 9.78. The maximum atomic E-state index is 12.6. The van der Waals surface area contributed by atoms with Crippen molar-refractivity contribution in [2.75, 3.05) is 27.2 Å². The Kier molecular flexibility index (Phi) is 5.02. The van der Waals surface area contributed by atoms with Crippen molar-refractivity contribution < 1.29 is 14.7 Å². The summed E-state index contributed by atoms with van der Waals surface area (Å²) in [4.78, 5) is 28.1. The molecule has 0 radical (unpaired) electrons. The van der Waals surface area contributed by atoms with E-state index in [4.69, 9.17) is 0 Å². The van der Waals surface area contributed by atoms with Crippen LogP contribution in [-0.2, 0) is 9.59 Å². The van der Waals surface area contributed by atoms with Crippen molar-refractivity contribution in [1.29, 1.82) is 0 Å². The van der Waals surface area contributed by atoms with Crippen LogP contribution in [0.5, 0.6) is 0 Å². The van der Waals surface area contributed by atoms with Crippen molar-refractivity contribution in [3.8, 4) is 0 Å². The number of carboxylic acid groups (broad SMARTS) is 1. The van der Waals surface area contributed by atoms with E-state index in [0.29, 0.717) is 6.42 Å². The highest BCUT2D eigenvalue weighted by atomic mass is 16.4. The van der Waals surface area contributed by atoms with Gasteiger partial charge < -0.3 is 14.9 Å². The second-order valence-electron chi connectivity index (χ2n) is 6.32. The molecule has 1 aliphatic heterocycles. The largest absolute Gasteiger partial charge is 0.481 e. The molecule has 2 unspecified atom stereocenters. The van der Waals surface area contributed by atoms with E-state index in [1.807, 2.05) is 11.9 Å². The average Bonchev–Trinajstić information content (AvgIpc) is 2.46. The minimum absolute atomic E-state index is 0.0478. The first-order valence-corrected chi connectivity index (χ1v) is 7.68. The van der Waals surface area contributed by atoms with Gasteiger partial charge in [-0.3, -0.25) is 9.59 Å². The van der Waals surface area contributed by atoms with E-state index in [9.17, 15) is 14.7 Å². The highest BCUT2D eigenvalue weighted by Gasteiger charge is 2.38. The fraction of sp³-hybridized carbons (Fsp3) is 0.867. The van der Waals surface area contributed by atoms with Crippen LogP contribution < -0.4 is 0 Å². The van der Waals surface area contributed by atoms with Gasteiger partial charge >= 0.3 is 5.97 Å². The Labute approximate surface area is 120 Å².